The number of benzene rings is 2. The maximum atomic E-state index is 13.2. The average molecular weight is 479 g/mol. The van der Waals surface area contributed by atoms with E-state index in [2.05, 4.69) is 4.98 Å². The second-order valence-corrected chi connectivity index (χ2v) is 7.55. The van der Waals surface area contributed by atoms with Crippen LogP contribution in [0.4, 0.5) is 17.2 Å². The maximum absolute atomic E-state index is 13.2. The van der Waals surface area contributed by atoms with Crippen molar-refractivity contribution in [2.45, 2.75) is 13.0 Å². The Morgan fingerprint density at radius 2 is 1.86 bits per heavy atom. The number of carbonyl (C=O) groups is 1. The number of aromatic amines is 1. The molecule has 1 heterocycles. The third kappa shape index (κ3) is 6.09. The van der Waals surface area contributed by atoms with Gasteiger partial charge in [-0.2, -0.15) is 0 Å². The summed E-state index contributed by atoms with van der Waals surface area (Å²) < 4.78 is 6.23. The molecule has 0 atom stereocenters. The number of carbonyl (C=O) groups excluding carboxylic acids is 1. The molecule has 0 saturated carbocycles. The highest BCUT2D eigenvalue weighted by Crippen LogP contribution is 2.21. The molecule has 0 fully saturated rings. The molecule has 0 aliphatic rings. The first-order valence-corrected chi connectivity index (χ1v) is 10.7. The number of hydrogen-bond acceptors (Lipinski definition) is 7. The van der Waals surface area contributed by atoms with Crippen molar-refractivity contribution in [1.29, 1.82) is 0 Å². The zero-order valence-electron chi connectivity index (χ0n) is 19.0. The van der Waals surface area contributed by atoms with Crippen LogP contribution in [0, 0.1) is 10.1 Å². The number of aromatic nitrogens is 2. The van der Waals surface area contributed by atoms with Gasteiger partial charge in [-0.3, -0.25) is 29.3 Å². The van der Waals surface area contributed by atoms with Crippen LogP contribution in [0.5, 0.6) is 0 Å². The zero-order valence-corrected chi connectivity index (χ0v) is 19.0. The smallest absolute Gasteiger partial charge is 0.330 e. The number of amides is 1. The van der Waals surface area contributed by atoms with Gasteiger partial charge < -0.3 is 15.4 Å². The maximum Gasteiger partial charge on any atom is 0.330 e. The Morgan fingerprint density at radius 3 is 2.54 bits per heavy atom. The Bertz CT molecular complexity index is 1350. The first kappa shape index (κ1) is 25.1. The minimum absolute atomic E-state index is 0.0602. The second-order valence-electron chi connectivity index (χ2n) is 7.55. The van der Waals surface area contributed by atoms with Gasteiger partial charge in [0.1, 0.15) is 5.82 Å². The number of nitro groups is 1. The van der Waals surface area contributed by atoms with Crippen molar-refractivity contribution in [1.82, 2.24) is 9.55 Å². The van der Waals surface area contributed by atoms with Crippen LogP contribution >= 0.6 is 0 Å². The van der Waals surface area contributed by atoms with E-state index in [1.54, 1.807) is 30.3 Å². The monoisotopic (exact) mass is 479 g/mol. The van der Waals surface area contributed by atoms with Crippen molar-refractivity contribution in [3.63, 3.8) is 0 Å². The molecule has 0 spiro atoms. The molecule has 0 aliphatic heterocycles. The van der Waals surface area contributed by atoms with Gasteiger partial charge in [0.05, 0.1) is 17.0 Å². The number of rotatable bonds is 10. The van der Waals surface area contributed by atoms with Crippen LogP contribution in [0.25, 0.3) is 6.08 Å². The van der Waals surface area contributed by atoms with Gasteiger partial charge in [0.2, 0.25) is 0 Å². The minimum Gasteiger partial charge on any atom is -0.385 e. The number of methoxy groups -OCH3 is 1. The number of nitro benzene ring substituents is 1. The van der Waals surface area contributed by atoms with Gasteiger partial charge in [-0.15, -0.1) is 0 Å². The van der Waals surface area contributed by atoms with Crippen molar-refractivity contribution in [3.8, 4) is 0 Å². The predicted octanol–water partition coefficient (Wildman–Crippen LogP) is 2.16. The van der Waals surface area contributed by atoms with E-state index in [4.69, 9.17) is 10.5 Å². The van der Waals surface area contributed by atoms with Crippen molar-refractivity contribution in [2.75, 3.05) is 30.9 Å². The summed E-state index contributed by atoms with van der Waals surface area (Å²) in [5.74, 6) is -0.811. The molecule has 0 aliphatic carbocycles. The molecule has 11 heteroatoms. The molecule has 2 aromatic carbocycles. The number of ether oxygens (including phenoxy) is 1. The van der Waals surface area contributed by atoms with Crippen molar-refractivity contribution >= 4 is 29.2 Å². The van der Waals surface area contributed by atoms with E-state index in [0.29, 0.717) is 13.0 Å². The van der Waals surface area contributed by atoms with Crippen LogP contribution < -0.4 is 21.9 Å². The Hall–Kier alpha value is -4.51. The number of nitrogens with zero attached hydrogens (tertiary/aromatic N) is 3. The van der Waals surface area contributed by atoms with Gasteiger partial charge in [0.15, 0.2) is 5.69 Å². The third-order valence-electron chi connectivity index (χ3n) is 5.20. The summed E-state index contributed by atoms with van der Waals surface area (Å²) in [6.45, 7) is 0.450. The first-order valence-electron chi connectivity index (χ1n) is 10.7. The summed E-state index contributed by atoms with van der Waals surface area (Å²) in [4.78, 5) is 52.6. The van der Waals surface area contributed by atoms with E-state index >= 15 is 0 Å². The summed E-state index contributed by atoms with van der Waals surface area (Å²) in [5, 5.41) is 11.3. The van der Waals surface area contributed by atoms with E-state index in [9.17, 15) is 24.5 Å². The molecule has 3 rings (SSSR count). The molecule has 3 N–H and O–H groups in total. The van der Waals surface area contributed by atoms with Crippen LogP contribution in [0.2, 0.25) is 0 Å². The lowest BCUT2D eigenvalue weighted by molar-refractivity contribution is -0.385. The third-order valence-corrected chi connectivity index (χ3v) is 5.20. The lowest BCUT2D eigenvalue weighted by atomic mass is 10.1. The van der Waals surface area contributed by atoms with Crippen molar-refractivity contribution < 1.29 is 14.5 Å². The van der Waals surface area contributed by atoms with E-state index in [1.165, 1.54) is 36.0 Å². The second kappa shape index (κ2) is 11.6. The fourth-order valence-electron chi connectivity index (χ4n) is 3.51. The largest absolute Gasteiger partial charge is 0.385 e. The normalized spacial score (nSPS) is 11.0. The molecule has 0 saturated heterocycles. The minimum atomic E-state index is -0.818. The van der Waals surface area contributed by atoms with E-state index in [1.807, 2.05) is 6.07 Å². The van der Waals surface area contributed by atoms with Gasteiger partial charge >= 0.3 is 5.69 Å². The lowest BCUT2D eigenvalue weighted by Crippen LogP contribution is -2.41. The quantitative estimate of drug-likeness (QED) is 0.195. The summed E-state index contributed by atoms with van der Waals surface area (Å²) in [7, 11) is 1.50. The first-order chi connectivity index (χ1) is 16.8. The average Bonchev–Trinajstić information content (AvgIpc) is 2.85. The van der Waals surface area contributed by atoms with Gasteiger partial charge in [0.25, 0.3) is 17.2 Å². The SMILES string of the molecule is COCCCN(C(=O)/C=C/c1ccccc1[N+](=O)[O-])c1c(N)n(Cc2ccccc2)c(=O)[nH]c1=O. The number of anilines is 2. The molecule has 0 radical (unpaired) electrons. The highest BCUT2D eigenvalue weighted by molar-refractivity contribution is 6.05. The summed E-state index contributed by atoms with van der Waals surface area (Å²) >= 11 is 0. The molecule has 3 aromatic rings. The molecule has 0 unspecified atom stereocenters. The molecule has 35 heavy (non-hydrogen) atoms. The number of nitrogens with one attached hydrogen (secondary N) is 1. The molecular weight excluding hydrogens is 454 g/mol. The molecule has 11 nitrogen and oxygen atoms in total. The zero-order chi connectivity index (χ0) is 25.4. The van der Waals surface area contributed by atoms with E-state index < -0.39 is 22.1 Å². The number of nitrogens with two attached hydrogens (primary N) is 1. The summed E-state index contributed by atoms with van der Waals surface area (Å²) in [5.41, 5.74) is 5.36. The number of para-hydroxylation sites is 1. The van der Waals surface area contributed by atoms with Gasteiger partial charge in [-0.05, 0) is 24.1 Å². The van der Waals surface area contributed by atoms with E-state index in [0.717, 1.165) is 16.5 Å². The Labute approximate surface area is 200 Å². The number of hydrogen-bond donors (Lipinski definition) is 2. The fourth-order valence-corrected chi connectivity index (χ4v) is 3.51. The summed E-state index contributed by atoms with van der Waals surface area (Å²) in [6, 6.07) is 15.0. The van der Waals surface area contributed by atoms with Crippen LogP contribution in [0.15, 0.2) is 70.3 Å². The number of nitrogen functional groups attached to an aromatic ring is 1. The van der Waals surface area contributed by atoms with Gasteiger partial charge in [-0.25, -0.2) is 4.79 Å². The lowest BCUT2D eigenvalue weighted by Gasteiger charge is -2.23. The predicted molar refractivity (Wildman–Crippen MR) is 132 cm³/mol. The molecule has 1 aromatic heterocycles. The van der Waals surface area contributed by atoms with Crippen molar-refractivity contribution in [2.24, 2.45) is 0 Å². The molecule has 1 amide bonds. The summed E-state index contributed by atoms with van der Waals surface area (Å²) in [6.07, 6.45) is 2.80. The number of H-pyrrole nitrogens is 1. The standard InChI is InChI=1S/C24H25N5O6/c1-35-15-7-14-27(20(30)13-12-18-10-5-6-11-19(18)29(33)34)21-22(25)28(24(32)26-23(21)31)16-17-8-3-2-4-9-17/h2-6,8-13H,7,14-16,25H2,1H3,(H,26,31,32)/b13-12+. The van der Waals surface area contributed by atoms with Crippen LogP contribution in [-0.4, -0.2) is 40.6 Å². The highest BCUT2D eigenvalue weighted by atomic mass is 16.6. The van der Waals surface area contributed by atoms with Crippen molar-refractivity contribution in [3.05, 3.63) is 103 Å². The van der Waals surface area contributed by atoms with Gasteiger partial charge in [-0.1, -0.05) is 42.5 Å². The molecular formula is C24H25N5O6. The van der Waals surface area contributed by atoms with E-state index in [-0.39, 0.29) is 35.8 Å². The van der Waals surface area contributed by atoms with Crippen LogP contribution in [-0.2, 0) is 16.1 Å². The molecule has 0 bridgehead atoms. The molecule has 182 valence electrons. The Kier molecular flexibility index (Phi) is 8.30. The van der Waals surface area contributed by atoms with Gasteiger partial charge in [0, 0.05) is 32.4 Å². The van der Waals surface area contributed by atoms with Crippen LogP contribution in [0.1, 0.15) is 17.5 Å². The Balaban J connectivity index is 2.03. The topological polar surface area (TPSA) is 154 Å². The van der Waals surface area contributed by atoms with Crippen LogP contribution in [0.3, 0.4) is 0 Å². The Morgan fingerprint density at radius 1 is 1.17 bits per heavy atom. The fraction of sp³-hybridized carbons (Fsp3) is 0.208. The highest BCUT2D eigenvalue weighted by Gasteiger charge is 2.23.